The minimum absolute atomic E-state index is 0.0491. The zero-order valence-electron chi connectivity index (χ0n) is 14.2. The molecule has 0 radical (unpaired) electrons. The van der Waals surface area contributed by atoms with Gasteiger partial charge in [0.15, 0.2) is 0 Å². The van der Waals surface area contributed by atoms with Crippen molar-refractivity contribution in [2.45, 2.75) is 6.42 Å². The molecule has 0 heterocycles. The number of rotatable bonds is 8. The minimum atomic E-state index is -0.616. The van der Waals surface area contributed by atoms with Crippen LogP contribution in [0.25, 0.3) is 0 Å². The molecule has 26 heavy (non-hydrogen) atoms. The molecular formula is C18H19N3O5. The van der Waals surface area contributed by atoms with Crippen LogP contribution in [0.5, 0.6) is 0 Å². The zero-order chi connectivity index (χ0) is 18.9. The fraction of sp³-hybridized carbons (Fsp3) is 0.222. The van der Waals surface area contributed by atoms with Gasteiger partial charge in [0, 0.05) is 37.6 Å². The second kappa shape index (κ2) is 9.28. The molecule has 2 N–H and O–H groups in total. The largest absolute Gasteiger partial charge is 0.385 e. The fourth-order valence-electron chi connectivity index (χ4n) is 2.28. The van der Waals surface area contributed by atoms with E-state index in [9.17, 15) is 19.7 Å². The van der Waals surface area contributed by atoms with E-state index in [4.69, 9.17) is 4.74 Å². The second-order valence-corrected chi connectivity index (χ2v) is 5.41. The number of para-hydroxylation sites is 1. The Morgan fingerprint density at radius 1 is 1.12 bits per heavy atom. The van der Waals surface area contributed by atoms with Crippen molar-refractivity contribution in [1.29, 1.82) is 0 Å². The van der Waals surface area contributed by atoms with Gasteiger partial charge < -0.3 is 15.4 Å². The van der Waals surface area contributed by atoms with Gasteiger partial charge in [-0.05, 0) is 30.7 Å². The monoisotopic (exact) mass is 357 g/mol. The standard InChI is InChI=1S/C18H19N3O5/c1-26-11-5-10-19-17(22)13-6-4-7-14(12-13)20-18(23)15-8-2-3-9-16(15)21(24)25/h2-4,6-9,12H,5,10-11H2,1H3,(H,19,22)(H,20,23). The molecule has 136 valence electrons. The third-order valence-corrected chi connectivity index (χ3v) is 3.54. The molecule has 0 atom stereocenters. The van der Waals surface area contributed by atoms with E-state index in [1.807, 2.05) is 0 Å². The lowest BCUT2D eigenvalue weighted by Gasteiger charge is -2.08. The number of hydrogen-bond donors (Lipinski definition) is 2. The molecule has 0 saturated carbocycles. The Morgan fingerprint density at radius 2 is 1.88 bits per heavy atom. The Labute approximate surface area is 150 Å². The summed E-state index contributed by atoms with van der Waals surface area (Å²) in [6, 6.07) is 12.0. The van der Waals surface area contributed by atoms with Crippen molar-refractivity contribution in [2.75, 3.05) is 25.6 Å². The van der Waals surface area contributed by atoms with E-state index in [0.29, 0.717) is 30.8 Å². The molecule has 8 nitrogen and oxygen atoms in total. The maximum atomic E-state index is 12.3. The number of nitro benzene ring substituents is 1. The molecule has 0 aliphatic rings. The van der Waals surface area contributed by atoms with Gasteiger partial charge in [-0.1, -0.05) is 18.2 Å². The highest BCUT2D eigenvalue weighted by Gasteiger charge is 2.19. The van der Waals surface area contributed by atoms with Crippen molar-refractivity contribution in [3.8, 4) is 0 Å². The highest BCUT2D eigenvalue weighted by Crippen LogP contribution is 2.20. The number of anilines is 1. The lowest BCUT2D eigenvalue weighted by molar-refractivity contribution is -0.385. The predicted octanol–water partition coefficient (Wildman–Crippen LogP) is 2.61. The minimum Gasteiger partial charge on any atom is -0.385 e. The molecule has 2 aromatic rings. The van der Waals surface area contributed by atoms with E-state index in [1.165, 1.54) is 24.3 Å². The number of nitro groups is 1. The molecule has 2 rings (SSSR count). The van der Waals surface area contributed by atoms with Crippen molar-refractivity contribution in [3.05, 3.63) is 69.8 Å². The molecule has 0 fully saturated rings. The van der Waals surface area contributed by atoms with Crippen molar-refractivity contribution in [1.82, 2.24) is 5.32 Å². The molecule has 0 aromatic heterocycles. The number of methoxy groups -OCH3 is 1. The number of carbonyl (C=O) groups is 2. The van der Waals surface area contributed by atoms with Gasteiger partial charge in [-0.15, -0.1) is 0 Å². The number of ether oxygens (including phenoxy) is 1. The van der Waals surface area contributed by atoms with Crippen LogP contribution in [-0.4, -0.2) is 37.0 Å². The molecule has 0 saturated heterocycles. The Hall–Kier alpha value is -3.26. The van der Waals surface area contributed by atoms with Gasteiger partial charge in [-0.2, -0.15) is 0 Å². The van der Waals surface area contributed by atoms with E-state index in [-0.39, 0.29) is 17.2 Å². The van der Waals surface area contributed by atoms with Crippen LogP contribution >= 0.6 is 0 Å². The van der Waals surface area contributed by atoms with Crippen molar-refractivity contribution in [3.63, 3.8) is 0 Å². The summed E-state index contributed by atoms with van der Waals surface area (Å²) in [6.45, 7) is 1.02. The highest BCUT2D eigenvalue weighted by atomic mass is 16.6. The molecule has 8 heteroatoms. The van der Waals surface area contributed by atoms with E-state index < -0.39 is 10.8 Å². The van der Waals surface area contributed by atoms with E-state index in [1.54, 1.807) is 31.4 Å². The molecule has 0 unspecified atom stereocenters. The summed E-state index contributed by atoms with van der Waals surface area (Å²) in [6.07, 6.45) is 0.691. The summed E-state index contributed by atoms with van der Waals surface area (Å²) in [4.78, 5) is 34.9. The number of hydrogen-bond acceptors (Lipinski definition) is 5. The Bertz CT molecular complexity index is 807. The lowest BCUT2D eigenvalue weighted by atomic mass is 10.1. The van der Waals surface area contributed by atoms with Crippen molar-refractivity contribution in [2.24, 2.45) is 0 Å². The molecule has 0 aliphatic heterocycles. The SMILES string of the molecule is COCCCNC(=O)c1cccc(NC(=O)c2ccccc2[N+](=O)[O-])c1. The number of nitrogens with zero attached hydrogens (tertiary/aromatic N) is 1. The molecular weight excluding hydrogens is 338 g/mol. The van der Waals surface area contributed by atoms with Crippen LogP contribution < -0.4 is 10.6 Å². The van der Waals surface area contributed by atoms with Crippen molar-refractivity contribution >= 4 is 23.2 Å². The summed E-state index contributed by atoms with van der Waals surface area (Å²) in [5, 5.41) is 16.4. The maximum absolute atomic E-state index is 12.3. The van der Waals surface area contributed by atoms with Crippen LogP contribution in [0.1, 0.15) is 27.1 Å². The molecule has 0 spiro atoms. The summed E-state index contributed by atoms with van der Waals surface area (Å²) in [5.41, 5.74) is 0.421. The zero-order valence-corrected chi connectivity index (χ0v) is 14.2. The van der Waals surface area contributed by atoms with Gasteiger partial charge in [0.1, 0.15) is 5.56 Å². The average Bonchev–Trinajstić information content (AvgIpc) is 2.65. The van der Waals surface area contributed by atoms with E-state index in [0.717, 1.165) is 0 Å². The Kier molecular flexibility index (Phi) is 6.81. The molecule has 2 aromatic carbocycles. The third-order valence-electron chi connectivity index (χ3n) is 3.54. The van der Waals surface area contributed by atoms with Crippen LogP contribution in [0.4, 0.5) is 11.4 Å². The number of amides is 2. The van der Waals surface area contributed by atoms with Gasteiger partial charge in [0.2, 0.25) is 0 Å². The second-order valence-electron chi connectivity index (χ2n) is 5.41. The number of carbonyl (C=O) groups excluding carboxylic acids is 2. The summed E-state index contributed by atoms with van der Waals surface area (Å²) in [5.74, 6) is -0.891. The van der Waals surface area contributed by atoms with Gasteiger partial charge in [0.25, 0.3) is 17.5 Å². The average molecular weight is 357 g/mol. The van der Waals surface area contributed by atoms with Crippen LogP contribution in [0.2, 0.25) is 0 Å². The van der Waals surface area contributed by atoms with Crippen LogP contribution in [0, 0.1) is 10.1 Å². The predicted molar refractivity (Wildman–Crippen MR) is 96.3 cm³/mol. The first-order chi connectivity index (χ1) is 12.5. The summed E-state index contributed by atoms with van der Waals surface area (Å²) in [7, 11) is 1.59. The third kappa shape index (κ3) is 5.12. The van der Waals surface area contributed by atoms with Gasteiger partial charge in [-0.25, -0.2) is 0 Å². The van der Waals surface area contributed by atoms with Crippen LogP contribution in [0.15, 0.2) is 48.5 Å². The number of nitrogens with one attached hydrogen (secondary N) is 2. The number of benzene rings is 2. The summed E-state index contributed by atoms with van der Waals surface area (Å²) < 4.78 is 4.91. The van der Waals surface area contributed by atoms with Gasteiger partial charge in [-0.3, -0.25) is 19.7 Å². The normalized spacial score (nSPS) is 10.2. The molecule has 0 bridgehead atoms. The first-order valence-corrected chi connectivity index (χ1v) is 7.95. The van der Waals surface area contributed by atoms with Crippen LogP contribution in [0.3, 0.4) is 0 Å². The fourth-order valence-corrected chi connectivity index (χ4v) is 2.28. The molecule has 2 amide bonds. The molecule has 0 aliphatic carbocycles. The van der Waals surface area contributed by atoms with E-state index >= 15 is 0 Å². The van der Waals surface area contributed by atoms with Crippen molar-refractivity contribution < 1.29 is 19.2 Å². The smallest absolute Gasteiger partial charge is 0.282 e. The highest BCUT2D eigenvalue weighted by molar-refractivity contribution is 6.07. The Balaban J connectivity index is 2.08. The van der Waals surface area contributed by atoms with Crippen LogP contribution in [-0.2, 0) is 4.74 Å². The lowest BCUT2D eigenvalue weighted by Crippen LogP contribution is -2.25. The quantitative estimate of drug-likeness (QED) is 0.429. The van der Waals surface area contributed by atoms with Gasteiger partial charge >= 0.3 is 0 Å². The first-order valence-electron chi connectivity index (χ1n) is 7.95. The van der Waals surface area contributed by atoms with Gasteiger partial charge in [0.05, 0.1) is 4.92 Å². The maximum Gasteiger partial charge on any atom is 0.282 e. The summed E-state index contributed by atoms with van der Waals surface area (Å²) >= 11 is 0. The Morgan fingerprint density at radius 3 is 2.62 bits per heavy atom. The van der Waals surface area contributed by atoms with E-state index in [2.05, 4.69) is 10.6 Å². The topological polar surface area (TPSA) is 111 Å². The first kappa shape index (κ1) is 19.1.